The van der Waals surface area contributed by atoms with E-state index in [-0.39, 0.29) is 5.69 Å². The maximum Gasteiger partial charge on any atom is 0.294 e. The van der Waals surface area contributed by atoms with Crippen LogP contribution in [0.4, 0.5) is 17.1 Å². The smallest absolute Gasteiger partial charge is 0.294 e. The molecule has 0 aliphatic heterocycles. The van der Waals surface area contributed by atoms with Crippen molar-refractivity contribution in [1.82, 2.24) is 0 Å². The Morgan fingerprint density at radius 2 is 2.31 bits per heavy atom. The van der Waals surface area contributed by atoms with Crippen LogP contribution in [0.15, 0.2) is 18.2 Å². The average molecular weight is 225 g/mol. The summed E-state index contributed by atoms with van der Waals surface area (Å²) in [6.45, 7) is 1.24. The van der Waals surface area contributed by atoms with Crippen molar-refractivity contribution in [3.8, 4) is 0 Å². The van der Waals surface area contributed by atoms with Crippen LogP contribution in [0.5, 0.6) is 0 Å². The fraction of sp³-hybridized carbons (Fsp3) is 0.400. The SMILES string of the molecule is COCCCNc1ccc(N)cc1[N+](=O)[O-]. The summed E-state index contributed by atoms with van der Waals surface area (Å²) in [5.41, 5.74) is 6.35. The van der Waals surface area contributed by atoms with E-state index in [9.17, 15) is 10.1 Å². The van der Waals surface area contributed by atoms with Crippen LogP contribution in [0.25, 0.3) is 0 Å². The molecule has 0 unspecified atom stereocenters. The van der Waals surface area contributed by atoms with E-state index >= 15 is 0 Å². The number of ether oxygens (including phenoxy) is 1. The maximum atomic E-state index is 10.7. The van der Waals surface area contributed by atoms with Crippen LogP contribution < -0.4 is 11.1 Å². The van der Waals surface area contributed by atoms with Gasteiger partial charge in [-0.25, -0.2) is 0 Å². The van der Waals surface area contributed by atoms with Gasteiger partial charge in [0.05, 0.1) is 4.92 Å². The van der Waals surface area contributed by atoms with Gasteiger partial charge in [-0.1, -0.05) is 0 Å². The highest BCUT2D eigenvalue weighted by atomic mass is 16.6. The van der Waals surface area contributed by atoms with E-state index in [1.165, 1.54) is 6.07 Å². The zero-order chi connectivity index (χ0) is 12.0. The number of nitrogen functional groups attached to an aromatic ring is 1. The number of rotatable bonds is 6. The fourth-order valence-electron chi connectivity index (χ4n) is 1.29. The lowest BCUT2D eigenvalue weighted by atomic mass is 10.2. The number of nitrogens with zero attached hydrogens (tertiary/aromatic N) is 1. The van der Waals surface area contributed by atoms with Gasteiger partial charge < -0.3 is 15.8 Å². The monoisotopic (exact) mass is 225 g/mol. The quantitative estimate of drug-likeness (QED) is 0.332. The van der Waals surface area contributed by atoms with Crippen molar-refractivity contribution in [1.29, 1.82) is 0 Å². The van der Waals surface area contributed by atoms with Gasteiger partial charge in [0.15, 0.2) is 0 Å². The van der Waals surface area contributed by atoms with Gasteiger partial charge in [-0.05, 0) is 18.6 Å². The second kappa shape index (κ2) is 5.92. The van der Waals surface area contributed by atoms with Crippen LogP contribution in [0.3, 0.4) is 0 Å². The standard InChI is InChI=1S/C10H15N3O3/c1-16-6-2-5-12-9-4-3-8(11)7-10(9)13(14)15/h3-4,7,12H,2,5-6,11H2,1H3. The Morgan fingerprint density at radius 1 is 1.56 bits per heavy atom. The van der Waals surface area contributed by atoms with Crippen LogP contribution in [-0.2, 0) is 4.74 Å². The number of benzene rings is 1. The minimum absolute atomic E-state index is 0.00239. The van der Waals surface area contributed by atoms with Gasteiger partial charge in [-0.15, -0.1) is 0 Å². The normalized spacial score (nSPS) is 10.1. The summed E-state index contributed by atoms with van der Waals surface area (Å²) < 4.78 is 4.88. The minimum atomic E-state index is -0.449. The van der Waals surface area contributed by atoms with Crippen LogP contribution in [0, 0.1) is 10.1 Å². The predicted octanol–water partition coefficient (Wildman–Crippen LogP) is 1.63. The Kier molecular flexibility index (Phi) is 4.53. The molecule has 6 heteroatoms. The average Bonchev–Trinajstić information content (AvgIpc) is 2.26. The van der Waals surface area contributed by atoms with Crippen LogP contribution >= 0.6 is 0 Å². The third-order valence-electron chi connectivity index (χ3n) is 2.06. The van der Waals surface area contributed by atoms with Gasteiger partial charge in [-0.3, -0.25) is 10.1 Å². The zero-order valence-corrected chi connectivity index (χ0v) is 9.10. The fourth-order valence-corrected chi connectivity index (χ4v) is 1.29. The first-order valence-electron chi connectivity index (χ1n) is 4.92. The highest BCUT2D eigenvalue weighted by Gasteiger charge is 2.12. The van der Waals surface area contributed by atoms with Gasteiger partial charge in [0, 0.05) is 32.0 Å². The predicted molar refractivity (Wildman–Crippen MR) is 62.5 cm³/mol. The Morgan fingerprint density at radius 3 is 2.94 bits per heavy atom. The Bertz CT molecular complexity index is 368. The first-order chi connectivity index (χ1) is 7.65. The van der Waals surface area contributed by atoms with Gasteiger partial charge in [0.2, 0.25) is 0 Å². The van der Waals surface area contributed by atoms with Crippen molar-refractivity contribution in [2.75, 3.05) is 31.3 Å². The van der Waals surface area contributed by atoms with Crippen LogP contribution in [0.2, 0.25) is 0 Å². The summed E-state index contributed by atoms with van der Waals surface area (Å²) in [4.78, 5) is 10.3. The number of hydrogen-bond acceptors (Lipinski definition) is 5. The third kappa shape index (κ3) is 3.39. The van der Waals surface area contributed by atoms with E-state index in [1.807, 2.05) is 0 Å². The second-order valence-electron chi connectivity index (χ2n) is 3.31. The number of anilines is 2. The lowest BCUT2D eigenvalue weighted by Gasteiger charge is -2.07. The number of hydrogen-bond donors (Lipinski definition) is 2. The van der Waals surface area contributed by atoms with E-state index < -0.39 is 4.92 Å². The van der Waals surface area contributed by atoms with Gasteiger partial charge in [-0.2, -0.15) is 0 Å². The molecule has 0 saturated heterocycles. The summed E-state index contributed by atoms with van der Waals surface area (Å²) in [7, 11) is 1.62. The van der Waals surface area contributed by atoms with Crippen molar-refractivity contribution in [2.45, 2.75) is 6.42 Å². The van der Waals surface area contributed by atoms with Gasteiger partial charge in [0.1, 0.15) is 5.69 Å². The molecule has 88 valence electrons. The minimum Gasteiger partial charge on any atom is -0.399 e. The first kappa shape index (κ1) is 12.3. The Hall–Kier alpha value is -1.82. The molecule has 0 heterocycles. The number of methoxy groups -OCH3 is 1. The zero-order valence-electron chi connectivity index (χ0n) is 9.10. The molecule has 0 aliphatic rings. The molecule has 1 aromatic carbocycles. The Labute approximate surface area is 93.5 Å². The lowest BCUT2D eigenvalue weighted by Crippen LogP contribution is -2.06. The number of nitrogens with two attached hydrogens (primary N) is 1. The van der Waals surface area contributed by atoms with Crippen molar-refractivity contribution in [3.05, 3.63) is 28.3 Å². The molecule has 0 atom stereocenters. The van der Waals surface area contributed by atoms with E-state index in [1.54, 1.807) is 19.2 Å². The summed E-state index contributed by atoms with van der Waals surface area (Å²) in [6, 6.07) is 4.59. The second-order valence-corrected chi connectivity index (χ2v) is 3.31. The van der Waals surface area contributed by atoms with Crippen molar-refractivity contribution in [3.63, 3.8) is 0 Å². The van der Waals surface area contributed by atoms with Crippen molar-refractivity contribution in [2.24, 2.45) is 0 Å². The molecule has 0 saturated carbocycles. The van der Waals surface area contributed by atoms with E-state index in [0.29, 0.717) is 24.5 Å². The molecule has 1 rings (SSSR count). The molecule has 0 radical (unpaired) electrons. The molecule has 1 aromatic rings. The summed E-state index contributed by atoms with van der Waals surface area (Å²) >= 11 is 0. The molecular weight excluding hydrogens is 210 g/mol. The molecule has 0 bridgehead atoms. The third-order valence-corrected chi connectivity index (χ3v) is 2.06. The molecule has 0 fully saturated rings. The topological polar surface area (TPSA) is 90.4 Å². The maximum absolute atomic E-state index is 10.7. The van der Waals surface area contributed by atoms with Gasteiger partial charge in [0.25, 0.3) is 5.69 Å². The molecule has 16 heavy (non-hydrogen) atoms. The highest BCUT2D eigenvalue weighted by molar-refractivity contribution is 5.66. The molecule has 6 nitrogen and oxygen atoms in total. The lowest BCUT2D eigenvalue weighted by molar-refractivity contribution is -0.383. The number of nitrogens with one attached hydrogen (secondary N) is 1. The summed E-state index contributed by atoms with van der Waals surface area (Å²) in [6.07, 6.45) is 0.790. The molecule has 0 amide bonds. The highest BCUT2D eigenvalue weighted by Crippen LogP contribution is 2.26. The largest absolute Gasteiger partial charge is 0.399 e. The van der Waals surface area contributed by atoms with Crippen LogP contribution in [0.1, 0.15) is 6.42 Å². The number of nitro groups is 1. The van der Waals surface area contributed by atoms with Gasteiger partial charge >= 0.3 is 0 Å². The van der Waals surface area contributed by atoms with E-state index in [4.69, 9.17) is 10.5 Å². The summed E-state index contributed by atoms with van der Waals surface area (Å²) in [5, 5.41) is 13.7. The molecular formula is C10H15N3O3. The molecule has 0 spiro atoms. The van der Waals surface area contributed by atoms with E-state index in [2.05, 4.69) is 5.32 Å². The van der Waals surface area contributed by atoms with E-state index in [0.717, 1.165) is 6.42 Å². The number of nitro benzene ring substituents is 1. The molecule has 0 aliphatic carbocycles. The van der Waals surface area contributed by atoms with Crippen molar-refractivity contribution >= 4 is 17.1 Å². The summed E-state index contributed by atoms with van der Waals surface area (Å²) in [5.74, 6) is 0. The Balaban J connectivity index is 2.67. The molecule has 0 aromatic heterocycles. The van der Waals surface area contributed by atoms with Crippen LogP contribution in [-0.4, -0.2) is 25.2 Å². The van der Waals surface area contributed by atoms with Crippen molar-refractivity contribution < 1.29 is 9.66 Å². The first-order valence-corrected chi connectivity index (χ1v) is 4.92. The molecule has 3 N–H and O–H groups in total.